The topological polar surface area (TPSA) is 63.2 Å². The van der Waals surface area contributed by atoms with E-state index in [0.717, 1.165) is 42.7 Å². The highest BCUT2D eigenvalue weighted by Crippen LogP contribution is 2.43. The molecule has 0 bridgehead atoms. The van der Waals surface area contributed by atoms with Gasteiger partial charge >= 0.3 is 0 Å². The van der Waals surface area contributed by atoms with Gasteiger partial charge in [0.05, 0.1) is 10.3 Å². The van der Waals surface area contributed by atoms with Crippen LogP contribution in [-0.2, 0) is 20.0 Å². The first-order chi connectivity index (χ1) is 14.4. The second kappa shape index (κ2) is 8.61. The highest BCUT2D eigenvalue weighted by molar-refractivity contribution is 7.91. The number of carbonyl (C=O) groups is 1. The Morgan fingerprint density at radius 3 is 2.30 bits per heavy atom. The van der Waals surface area contributed by atoms with Gasteiger partial charge in [0, 0.05) is 16.3 Å². The molecule has 1 amide bonds. The fourth-order valence-corrected chi connectivity index (χ4v) is 7.86. The molecule has 2 heterocycles. The zero-order valence-electron chi connectivity index (χ0n) is 16.2. The molecule has 0 spiro atoms. The minimum Gasteiger partial charge on any atom is -0.354 e. The first kappa shape index (κ1) is 21.2. The molecule has 3 aromatic rings. The first-order valence-corrected chi connectivity index (χ1v) is 13.1. The van der Waals surface area contributed by atoms with Crippen molar-refractivity contribution in [2.45, 2.75) is 41.2 Å². The Morgan fingerprint density at radius 2 is 1.70 bits per heavy atom. The quantitative estimate of drug-likeness (QED) is 0.496. The van der Waals surface area contributed by atoms with Crippen molar-refractivity contribution in [2.75, 3.05) is 6.54 Å². The molecule has 4 rings (SSSR count). The molecule has 30 heavy (non-hydrogen) atoms. The van der Waals surface area contributed by atoms with Crippen LogP contribution in [0.4, 0.5) is 4.39 Å². The lowest BCUT2D eigenvalue weighted by Crippen LogP contribution is -2.44. The highest BCUT2D eigenvalue weighted by Gasteiger charge is 2.44. The van der Waals surface area contributed by atoms with Gasteiger partial charge in [-0.1, -0.05) is 25.0 Å². The molecule has 1 aliphatic rings. The first-order valence-electron chi connectivity index (χ1n) is 9.79. The van der Waals surface area contributed by atoms with E-state index < -0.39 is 26.3 Å². The molecule has 4 nitrogen and oxygen atoms in total. The summed E-state index contributed by atoms with van der Waals surface area (Å²) in [4.78, 5) is 15.0. The maximum absolute atomic E-state index is 13.3. The highest BCUT2D eigenvalue weighted by atomic mass is 32.2. The van der Waals surface area contributed by atoms with E-state index in [1.54, 1.807) is 23.5 Å². The number of thiophene rings is 2. The Morgan fingerprint density at radius 1 is 1.03 bits per heavy atom. The molecule has 1 N–H and O–H groups in total. The molecular weight excluding hydrogens is 441 g/mol. The van der Waals surface area contributed by atoms with Crippen molar-refractivity contribution in [1.29, 1.82) is 0 Å². The van der Waals surface area contributed by atoms with Crippen LogP contribution in [0, 0.1) is 5.82 Å². The van der Waals surface area contributed by atoms with Crippen LogP contribution in [0.25, 0.3) is 0 Å². The SMILES string of the molecule is O=C(NC[C@H](c1cccs1)S(=O)(=O)c1ccc(F)cc1)C1(c2cccs2)CCCC1. The number of hydrogen-bond donors (Lipinski definition) is 1. The van der Waals surface area contributed by atoms with Gasteiger partial charge in [-0.25, -0.2) is 12.8 Å². The van der Waals surface area contributed by atoms with E-state index in [4.69, 9.17) is 0 Å². The molecule has 0 saturated heterocycles. The van der Waals surface area contributed by atoms with Crippen molar-refractivity contribution in [3.8, 4) is 0 Å². The molecule has 1 aromatic carbocycles. The van der Waals surface area contributed by atoms with E-state index in [-0.39, 0.29) is 17.3 Å². The Kier molecular flexibility index (Phi) is 6.09. The maximum atomic E-state index is 13.3. The van der Waals surface area contributed by atoms with Gasteiger partial charge in [-0.05, 0) is 60.0 Å². The summed E-state index contributed by atoms with van der Waals surface area (Å²) < 4.78 is 39.9. The van der Waals surface area contributed by atoms with Crippen LogP contribution in [0.2, 0.25) is 0 Å². The lowest BCUT2D eigenvalue weighted by atomic mass is 9.83. The van der Waals surface area contributed by atoms with Crippen LogP contribution < -0.4 is 5.32 Å². The van der Waals surface area contributed by atoms with Gasteiger partial charge in [-0.15, -0.1) is 22.7 Å². The van der Waals surface area contributed by atoms with E-state index in [0.29, 0.717) is 4.88 Å². The van der Waals surface area contributed by atoms with Crippen molar-refractivity contribution in [3.05, 3.63) is 74.9 Å². The monoisotopic (exact) mass is 463 g/mol. The maximum Gasteiger partial charge on any atom is 0.231 e. The summed E-state index contributed by atoms with van der Waals surface area (Å²) in [5.74, 6) is -0.604. The van der Waals surface area contributed by atoms with E-state index in [2.05, 4.69) is 5.32 Å². The number of hydrogen-bond acceptors (Lipinski definition) is 5. The number of carbonyl (C=O) groups excluding carboxylic acids is 1. The summed E-state index contributed by atoms with van der Waals surface area (Å²) in [7, 11) is -3.80. The minimum absolute atomic E-state index is 0.0216. The van der Waals surface area contributed by atoms with Crippen LogP contribution in [-0.4, -0.2) is 20.9 Å². The average Bonchev–Trinajstić information content (AvgIpc) is 3.50. The van der Waals surface area contributed by atoms with Crippen LogP contribution >= 0.6 is 22.7 Å². The Labute approximate surface area is 183 Å². The number of nitrogens with one attached hydrogen (secondary N) is 1. The van der Waals surface area contributed by atoms with Gasteiger partial charge < -0.3 is 5.32 Å². The molecule has 8 heteroatoms. The molecule has 0 unspecified atom stereocenters. The Hall–Kier alpha value is -2.03. The molecule has 2 aromatic heterocycles. The zero-order chi connectivity index (χ0) is 21.2. The van der Waals surface area contributed by atoms with Gasteiger partial charge in [0.25, 0.3) is 0 Å². The fraction of sp³-hybridized carbons (Fsp3) is 0.318. The Balaban J connectivity index is 1.61. The second-order valence-corrected chi connectivity index (χ2v) is 11.5. The largest absolute Gasteiger partial charge is 0.354 e. The summed E-state index contributed by atoms with van der Waals surface area (Å²) in [6.45, 7) is -0.0216. The van der Waals surface area contributed by atoms with Crippen LogP contribution in [0.5, 0.6) is 0 Å². The number of sulfone groups is 1. The van der Waals surface area contributed by atoms with Crippen molar-refractivity contribution in [2.24, 2.45) is 0 Å². The van der Waals surface area contributed by atoms with E-state index >= 15 is 0 Å². The molecule has 1 fully saturated rings. The van der Waals surface area contributed by atoms with Gasteiger partial charge in [-0.2, -0.15) is 0 Å². The van der Waals surface area contributed by atoms with Crippen molar-refractivity contribution in [1.82, 2.24) is 5.32 Å². The summed E-state index contributed by atoms with van der Waals surface area (Å²) in [6, 6.07) is 12.3. The molecule has 1 saturated carbocycles. The second-order valence-electron chi connectivity index (χ2n) is 7.48. The van der Waals surface area contributed by atoms with Gasteiger partial charge in [0.15, 0.2) is 9.84 Å². The smallest absolute Gasteiger partial charge is 0.231 e. The summed E-state index contributed by atoms with van der Waals surface area (Å²) in [6.07, 6.45) is 3.50. The van der Waals surface area contributed by atoms with E-state index in [1.807, 2.05) is 22.9 Å². The molecule has 0 radical (unpaired) electrons. The predicted octanol–water partition coefficient (Wildman–Crippen LogP) is 5.09. The molecule has 0 aliphatic heterocycles. The third kappa shape index (κ3) is 3.96. The average molecular weight is 464 g/mol. The van der Waals surface area contributed by atoms with Gasteiger partial charge in [0.2, 0.25) is 5.91 Å². The zero-order valence-corrected chi connectivity index (χ0v) is 18.7. The number of benzene rings is 1. The van der Waals surface area contributed by atoms with E-state index in [9.17, 15) is 17.6 Å². The van der Waals surface area contributed by atoms with Gasteiger partial charge in [-0.3, -0.25) is 4.79 Å². The number of amides is 1. The van der Waals surface area contributed by atoms with Crippen LogP contribution in [0.1, 0.15) is 40.7 Å². The lowest BCUT2D eigenvalue weighted by molar-refractivity contribution is -0.126. The van der Waals surface area contributed by atoms with Crippen molar-refractivity contribution < 1.29 is 17.6 Å². The van der Waals surface area contributed by atoms with Crippen LogP contribution in [0.3, 0.4) is 0 Å². The van der Waals surface area contributed by atoms with Crippen molar-refractivity contribution >= 4 is 38.4 Å². The third-order valence-corrected chi connectivity index (χ3v) is 10.0. The molecule has 1 aliphatic carbocycles. The van der Waals surface area contributed by atoms with E-state index in [1.165, 1.54) is 23.5 Å². The summed E-state index contributed by atoms with van der Waals surface area (Å²) in [5, 5.41) is 5.81. The standard InChI is InChI=1S/C22H22FNO3S3/c23-16-7-9-17(10-8-16)30(26,27)19(18-5-3-13-28-18)15-24-21(25)22(11-1-2-12-22)20-6-4-14-29-20/h3-10,13-14,19H,1-2,11-12,15H2,(H,24,25)/t19-/m1/s1. The predicted molar refractivity (Wildman–Crippen MR) is 118 cm³/mol. The molecule has 158 valence electrons. The van der Waals surface area contributed by atoms with Gasteiger partial charge in [0.1, 0.15) is 11.1 Å². The summed E-state index contributed by atoms with van der Waals surface area (Å²) >= 11 is 2.90. The minimum atomic E-state index is -3.80. The molecular formula is C22H22FNO3S3. The van der Waals surface area contributed by atoms with Crippen LogP contribution in [0.15, 0.2) is 64.2 Å². The third-order valence-electron chi connectivity index (χ3n) is 5.71. The number of rotatable bonds is 7. The number of halogens is 1. The lowest BCUT2D eigenvalue weighted by Gasteiger charge is -2.28. The fourth-order valence-electron chi connectivity index (χ4n) is 4.10. The van der Waals surface area contributed by atoms with Crippen molar-refractivity contribution in [3.63, 3.8) is 0 Å². The summed E-state index contributed by atoms with van der Waals surface area (Å²) in [5.41, 5.74) is -0.576. The molecule has 1 atom stereocenters. The Bertz CT molecular complexity index is 1090. The normalized spacial score (nSPS) is 17.0.